The zero-order valence-electron chi connectivity index (χ0n) is 11.9. The molecule has 2 aromatic rings. The lowest BCUT2D eigenvalue weighted by atomic mass is 10.3. The van der Waals surface area contributed by atoms with Gasteiger partial charge in [-0.3, -0.25) is 4.68 Å². The first-order chi connectivity index (χ1) is 9.74. The number of nitrogens with zero attached hydrogens (tertiary/aromatic N) is 4. The smallest absolute Gasteiger partial charge is 0.136 e. The molecule has 20 heavy (non-hydrogen) atoms. The standard InChI is InChI=1S/C14H20N6/c1-3-6-15-12-7-13(17-11-8-16-20(2)9-11)19-14(18-12)10-4-5-10/h7-10H,3-6H2,1-2H3,(H2,15,17,18,19). The summed E-state index contributed by atoms with van der Waals surface area (Å²) in [6, 6.07) is 1.95. The lowest BCUT2D eigenvalue weighted by molar-refractivity contribution is 0.768. The monoisotopic (exact) mass is 272 g/mol. The molecule has 2 aromatic heterocycles. The van der Waals surface area contributed by atoms with Gasteiger partial charge in [-0.05, 0) is 19.3 Å². The SMILES string of the molecule is CCCNc1cc(Nc2cnn(C)c2)nc(C2CC2)n1. The second-order valence-electron chi connectivity index (χ2n) is 5.23. The van der Waals surface area contributed by atoms with E-state index in [4.69, 9.17) is 0 Å². The van der Waals surface area contributed by atoms with E-state index in [1.165, 1.54) is 12.8 Å². The number of anilines is 3. The zero-order valence-corrected chi connectivity index (χ0v) is 11.9. The van der Waals surface area contributed by atoms with Crippen LogP contribution in [-0.4, -0.2) is 26.3 Å². The van der Waals surface area contributed by atoms with E-state index in [-0.39, 0.29) is 0 Å². The van der Waals surface area contributed by atoms with Gasteiger partial charge in [-0.2, -0.15) is 5.10 Å². The first-order valence-corrected chi connectivity index (χ1v) is 7.13. The van der Waals surface area contributed by atoms with Crippen LogP contribution >= 0.6 is 0 Å². The molecular formula is C14H20N6. The fourth-order valence-electron chi connectivity index (χ4n) is 2.03. The van der Waals surface area contributed by atoms with Crippen molar-refractivity contribution in [2.75, 3.05) is 17.2 Å². The van der Waals surface area contributed by atoms with Gasteiger partial charge < -0.3 is 10.6 Å². The number of hydrogen-bond donors (Lipinski definition) is 2. The van der Waals surface area contributed by atoms with Gasteiger partial charge in [-0.25, -0.2) is 9.97 Å². The summed E-state index contributed by atoms with van der Waals surface area (Å²) in [5.41, 5.74) is 0.939. The van der Waals surface area contributed by atoms with E-state index in [9.17, 15) is 0 Å². The molecule has 0 aliphatic heterocycles. The predicted octanol–water partition coefficient (Wildman–Crippen LogP) is 2.65. The van der Waals surface area contributed by atoms with Crippen molar-refractivity contribution in [1.29, 1.82) is 0 Å². The molecule has 106 valence electrons. The van der Waals surface area contributed by atoms with Crippen LogP contribution in [-0.2, 0) is 7.05 Å². The maximum atomic E-state index is 4.61. The van der Waals surface area contributed by atoms with Gasteiger partial charge >= 0.3 is 0 Å². The molecule has 0 unspecified atom stereocenters. The molecule has 3 rings (SSSR count). The summed E-state index contributed by atoms with van der Waals surface area (Å²) in [7, 11) is 1.90. The van der Waals surface area contributed by atoms with E-state index < -0.39 is 0 Å². The van der Waals surface area contributed by atoms with Crippen molar-refractivity contribution in [2.24, 2.45) is 7.05 Å². The quantitative estimate of drug-likeness (QED) is 0.846. The predicted molar refractivity (Wildman–Crippen MR) is 79.3 cm³/mol. The molecule has 1 aliphatic carbocycles. The third kappa shape index (κ3) is 3.07. The molecule has 0 radical (unpaired) electrons. The van der Waals surface area contributed by atoms with Gasteiger partial charge in [0.05, 0.1) is 11.9 Å². The summed E-state index contributed by atoms with van der Waals surface area (Å²) in [5.74, 6) is 3.20. The minimum atomic E-state index is 0.535. The Morgan fingerprint density at radius 1 is 1.30 bits per heavy atom. The minimum absolute atomic E-state index is 0.535. The van der Waals surface area contributed by atoms with Crippen molar-refractivity contribution in [3.8, 4) is 0 Å². The molecule has 1 fully saturated rings. The fraction of sp³-hybridized carbons (Fsp3) is 0.500. The number of rotatable bonds is 6. The number of aromatic nitrogens is 4. The molecule has 2 N–H and O–H groups in total. The lowest BCUT2D eigenvalue weighted by Gasteiger charge is -2.09. The molecule has 0 atom stereocenters. The summed E-state index contributed by atoms with van der Waals surface area (Å²) in [6.45, 7) is 3.07. The van der Waals surface area contributed by atoms with Crippen LogP contribution in [0.4, 0.5) is 17.3 Å². The van der Waals surface area contributed by atoms with Crippen molar-refractivity contribution in [2.45, 2.75) is 32.1 Å². The summed E-state index contributed by atoms with van der Waals surface area (Å²) in [4.78, 5) is 9.21. The van der Waals surface area contributed by atoms with Crippen LogP contribution in [0.3, 0.4) is 0 Å². The number of aryl methyl sites for hydroxylation is 1. The van der Waals surface area contributed by atoms with E-state index in [0.29, 0.717) is 5.92 Å². The van der Waals surface area contributed by atoms with Gasteiger partial charge in [0.2, 0.25) is 0 Å². The lowest BCUT2D eigenvalue weighted by Crippen LogP contribution is -2.06. The van der Waals surface area contributed by atoms with Crippen molar-refractivity contribution >= 4 is 17.3 Å². The van der Waals surface area contributed by atoms with E-state index in [1.54, 1.807) is 10.9 Å². The summed E-state index contributed by atoms with van der Waals surface area (Å²) in [6.07, 6.45) is 7.19. The van der Waals surface area contributed by atoms with E-state index in [2.05, 4.69) is 32.6 Å². The Hall–Kier alpha value is -2.11. The Morgan fingerprint density at radius 3 is 2.75 bits per heavy atom. The highest BCUT2D eigenvalue weighted by Crippen LogP contribution is 2.39. The van der Waals surface area contributed by atoms with Gasteiger partial charge in [0.1, 0.15) is 17.5 Å². The Balaban J connectivity index is 1.82. The summed E-state index contributed by atoms with van der Waals surface area (Å²) >= 11 is 0. The number of hydrogen-bond acceptors (Lipinski definition) is 5. The minimum Gasteiger partial charge on any atom is -0.370 e. The third-order valence-corrected chi connectivity index (χ3v) is 3.22. The van der Waals surface area contributed by atoms with Crippen LogP contribution in [0.5, 0.6) is 0 Å². The molecule has 0 amide bonds. The Morgan fingerprint density at radius 2 is 2.10 bits per heavy atom. The molecular weight excluding hydrogens is 252 g/mol. The van der Waals surface area contributed by atoms with Gasteiger partial charge in [-0.1, -0.05) is 6.92 Å². The summed E-state index contributed by atoms with van der Waals surface area (Å²) in [5, 5.41) is 10.8. The topological polar surface area (TPSA) is 67.7 Å². The van der Waals surface area contributed by atoms with Crippen LogP contribution in [0.1, 0.15) is 37.9 Å². The Labute approximate surface area is 118 Å². The van der Waals surface area contributed by atoms with Crippen molar-refractivity contribution in [3.05, 3.63) is 24.3 Å². The maximum absolute atomic E-state index is 4.61. The van der Waals surface area contributed by atoms with Crippen LogP contribution in [0, 0.1) is 0 Å². The Bertz CT molecular complexity index is 587. The van der Waals surface area contributed by atoms with Crippen molar-refractivity contribution in [3.63, 3.8) is 0 Å². The highest BCUT2D eigenvalue weighted by molar-refractivity contribution is 5.58. The van der Waals surface area contributed by atoms with Crippen LogP contribution in [0.2, 0.25) is 0 Å². The van der Waals surface area contributed by atoms with Gasteiger partial charge in [-0.15, -0.1) is 0 Å². The molecule has 6 nitrogen and oxygen atoms in total. The highest BCUT2D eigenvalue weighted by Gasteiger charge is 2.27. The first-order valence-electron chi connectivity index (χ1n) is 7.13. The Kier molecular flexibility index (Phi) is 3.54. The van der Waals surface area contributed by atoms with Gasteiger partial charge in [0.25, 0.3) is 0 Å². The number of nitrogens with one attached hydrogen (secondary N) is 2. The van der Waals surface area contributed by atoms with Gasteiger partial charge in [0, 0.05) is 31.8 Å². The van der Waals surface area contributed by atoms with Crippen molar-refractivity contribution in [1.82, 2.24) is 19.7 Å². The molecule has 0 saturated heterocycles. The fourth-order valence-corrected chi connectivity index (χ4v) is 2.03. The van der Waals surface area contributed by atoms with Crippen LogP contribution in [0.25, 0.3) is 0 Å². The zero-order chi connectivity index (χ0) is 13.9. The average Bonchev–Trinajstić information content (AvgIpc) is 3.21. The van der Waals surface area contributed by atoms with Gasteiger partial charge in [0.15, 0.2) is 0 Å². The molecule has 0 aromatic carbocycles. The second-order valence-corrected chi connectivity index (χ2v) is 5.23. The average molecular weight is 272 g/mol. The van der Waals surface area contributed by atoms with E-state index in [1.807, 2.05) is 19.3 Å². The first kappa shape index (κ1) is 12.9. The molecule has 2 heterocycles. The van der Waals surface area contributed by atoms with Crippen molar-refractivity contribution < 1.29 is 0 Å². The molecule has 1 aliphatic rings. The van der Waals surface area contributed by atoms with Crippen LogP contribution < -0.4 is 10.6 Å². The van der Waals surface area contributed by atoms with Crippen LogP contribution in [0.15, 0.2) is 18.5 Å². The molecule has 6 heteroatoms. The molecule has 0 spiro atoms. The largest absolute Gasteiger partial charge is 0.370 e. The summed E-state index contributed by atoms with van der Waals surface area (Å²) < 4.78 is 1.77. The van der Waals surface area contributed by atoms with E-state index >= 15 is 0 Å². The normalized spacial score (nSPS) is 14.3. The van der Waals surface area contributed by atoms with E-state index in [0.717, 1.165) is 36.1 Å². The second kappa shape index (κ2) is 5.48. The molecule has 0 bridgehead atoms. The highest BCUT2D eigenvalue weighted by atomic mass is 15.3. The molecule has 1 saturated carbocycles. The third-order valence-electron chi connectivity index (χ3n) is 3.22. The maximum Gasteiger partial charge on any atom is 0.136 e.